The van der Waals surface area contributed by atoms with Gasteiger partial charge in [-0.2, -0.15) is 0 Å². The number of urea groups is 1. The summed E-state index contributed by atoms with van der Waals surface area (Å²) in [6.45, 7) is 3.53. The molecule has 8 nitrogen and oxygen atoms in total. The molecule has 0 unspecified atom stereocenters. The summed E-state index contributed by atoms with van der Waals surface area (Å²) in [7, 11) is 1.51. The highest BCUT2D eigenvalue weighted by molar-refractivity contribution is 5.83. The van der Waals surface area contributed by atoms with Gasteiger partial charge in [-0.25, -0.2) is 9.59 Å². The molecule has 8 heteroatoms. The Labute approximate surface area is 111 Å². The van der Waals surface area contributed by atoms with Gasteiger partial charge < -0.3 is 26.2 Å². The molecule has 1 atom stereocenters. The second-order valence-corrected chi connectivity index (χ2v) is 4.72. The van der Waals surface area contributed by atoms with Crippen molar-refractivity contribution in [3.63, 3.8) is 0 Å². The Kier molecular flexibility index (Phi) is 6.84. The molecule has 110 valence electrons. The second-order valence-electron chi connectivity index (χ2n) is 4.72. The van der Waals surface area contributed by atoms with Crippen LogP contribution < -0.4 is 16.0 Å². The number of rotatable bonds is 7. The summed E-state index contributed by atoms with van der Waals surface area (Å²) in [5.74, 6) is -1.53. The van der Waals surface area contributed by atoms with E-state index < -0.39 is 23.5 Å². The number of carboxylic acid groups (broad SMARTS) is 1. The van der Waals surface area contributed by atoms with Crippen LogP contribution >= 0.6 is 0 Å². The number of carbonyl (C=O) groups is 3. The van der Waals surface area contributed by atoms with Crippen LogP contribution in [0, 0.1) is 5.41 Å². The molecule has 0 spiro atoms. The molecule has 0 aliphatic heterocycles. The first-order valence-electron chi connectivity index (χ1n) is 5.85. The van der Waals surface area contributed by atoms with E-state index >= 15 is 0 Å². The van der Waals surface area contributed by atoms with Gasteiger partial charge in [0.05, 0.1) is 5.41 Å². The zero-order valence-corrected chi connectivity index (χ0v) is 11.3. The van der Waals surface area contributed by atoms with E-state index in [4.69, 9.17) is 10.2 Å². The largest absolute Gasteiger partial charge is 0.479 e. The monoisotopic (exact) mass is 275 g/mol. The number of hydrogen-bond acceptors (Lipinski definition) is 4. The average molecular weight is 275 g/mol. The number of carboxylic acids is 1. The van der Waals surface area contributed by atoms with E-state index in [9.17, 15) is 14.4 Å². The Morgan fingerprint density at radius 3 is 2.26 bits per heavy atom. The van der Waals surface area contributed by atoms with Crippen LogP contribution in [0.1, 0.15) is 20.3 Å². The molecule has 0 heterocycles. The third kappa shape index (κ3) is 6.61. The number of hydrogen-bond donors (Lipinski definition) is 5. The summed E-state index contributed by atoms with van der Waals surface area (Å²) in [5, 5.41) is 24.8. The molecule has 0 aliphatic rings. The van der Waals surface area contributed by atoms with Crippen LogP contribution in [0.5, 0.6) is 0 Å². The van der Waals surface area contributed by atoms with Crippen molar-refractivity contribution in [3.8, 4) is 0 Å². The van der Waals surface area contributed by atoms with Crippen molar-refractivity contribution in [2.24, 2.45) is 5.41 Å². The maximum absolute atomic E-state index is 11.4. The van der Waals surface area contributed by atoms with Crippen LogP contribution in [0.4, 0.5) is 4.79 Å². The van der Waals surface area contributed by atoms with Crippen molar-refractivity contribution in [1.29, 1.82) is 0 Å². The lowest BCUT2D eigenvalue weighted by molar-refractivity contribution is -0.146. The van der Waals surface area contributed by atoms with Gasteiger partial charge in [0, 0.05) is 26.6 Å². The number of aliphatic hydroxyl groups excluding tert-OH is 1. The van der Waals surface area contributed by atoms with Crippen LogP contribution in [0.3, 0.4) is 0 Å². The molecule has 0 radical (unpaired) electrons. The summed E-state index contributed by atoms with van der Waals surface area (Å²) in [5.41, 5.74) is -0.743. The summed E-state index contributed by atoms with van der Waals surface area (Å²) in [6.07, 6.45) is -1.58. The lowest BCUT2D eigenvalue weighted by atomic mass is 9.92. The van der Waals surface area contributed by atoms with Crippen molar-refractivity contribution in [3.05, 3.63) is 0 Å². The van der Waals surface area contributed by atoms with Crippen molar-refractivity contribution in [2.75, 3.05) is 20.1 Å². The first-order chi connectivity index (χ1) is 8.70. The van der Waals surface area contributed by atoms with Gasteiger partial charge in [0.2, 0.25) is 5.91 Å². The first kappa shape index (κ1) is 17.2. The summed E-state index contributed by atoms with van der Waals surface area (Å²) >= 11 is 0. The van der Waals surface area contributed by atoms with Crippen molar-refractivity contribution in [1.82, 2.24) is 16.0 Å². The predicted octanol–water partition coefficient (Wildman–Crippen LogP) is -1.11. The van der Waals surface area contributed by atoms with E-state index in [1.807, 2.05) is 0 Å². The molecule has 3 amide bonds. The molecular weight excluding hydrogens is 254 g/mol. The average Bonchev–Trinajstić information content (AvgIpc) is 2.35. The number of nitrogens with one attached hydrogen (secondary N) is 3. The van der Waals surface area contributed by atoms with E-state index in [1.165, 1.54) is 7.05 Å². The SMILES string of the molecule is CNC(=O)C(C)(C)CNC(=O)NCC[C@H](O)C(=O)O. The zero-order chi connectivity index (χ0) is 15.1. The van der Waals surface area contributed by atoms with Gasteiger partial charge >= 0.3 is 12.0 Å². The standard InChI is InChI=1S/C11H21N3O5/c1-11(2,9(18)12-3)6-14-10(19)13-5-4-7(15)8(16)17/h7,15H,4-6H2,1-3H3,(H,12,18)(H,16,17)(H2,13,14,19)/t7-/m0/s1. The van der Waals surface area contributed by atoms with E-state index in [0.29, 0.717) is 0 Å². The normalized spacial score (nSPS) is 12.4. The molecular formula is C11H21N3O5. The zero-order valence-electron chi connectivity index (χ0n) is 11.3. The molecule has 0 bridgehead atoms. The fourth-order valence-electron chi connectivity index (χ4n) is 1.23. The van der Waals surface area contributed by atoms with Crippen LogP contribution in [0.15, 0.2) is 0 Å². The molecule has 0 rings (SSSR count). The van der Waals surface area contributed by atoms with E-state index in [1.54, 1.807) is 13.8 Å². The topological polar surface area (TPSA) is 128 Å². The Balaban J connectivity index is 3.94. The maximum atomic E-state index is 11.4. The molecule has 0 saturated heterocycles. The van der Waals surface area contributed by atoms with Crippen LogP contribution in [-0.4, -0.2) is 54.4 Å². The minimum Gasteiger partial charge on any atom is -0.479 e. The Morgan fingerprint density at radius 1 is 1.21 bits per heavy atom. The summed E-state index contributed by atoms with van der Waals surface area (Å²) < 4.78 is 0. The summed E-state index contributed by atoms with van der Waals surface area (Å²) in [6, 6.07) is -0.519. The Bertz CT molecular complexity index is 343. The van der Waals surface area contributed by atoms with E-state index in [2.05, 4.69) is 16.0 Å². The molecule has 0 fully saturated rings. The number of carbonyl (C=O) groups excluding carboxylic acids is 2. The Morgan fingerprint density at radius 2 is 1.79 bits per heavy atom. The van der Waals surface area contributed by atoms with Crippen LogP contribution in [-0.2, 0) is 9.59 Å². The third-order valence-corrected chi connectivity index (χ3v) is 2.52. The van der Waals surface area contributed by atoms with Gasteiger partial charge in [-0.3, -0.25) is 4.79 Å². The first-order valence-corrected chi connectivity index (χ1v) is 5.85. The van der Waals surface area contributed by atoms with E-state index in [-0.39, 0.29) is 25.4 Å². The number of aliphatic carboxylic acids is 1. The molecule has 0 saturated carbocycles. The van der Waals surface area contributed by atoms with Gasteiger partial charge in [-0.15, -0.1) is 0 Å². The molecule has 0 aliphatic carbocycles. The van der Waals surface area contributed by atoms with Crippen molar-refractivity contribution >= 4 is 17.9 Å². The van der Waals surface area contributed by atoms with Gasteiger partial charge in [-0.05, 0) is 13.8 Å². The minimum absolute atomic E-state index is 0.0275. The number of amides is 3. The van der Waals surface area contributed by atoms with Crippen molar-refractivity contribution < 1.29 is 24.6 Å². The lowest BCUT2D eigenvalue weighted by Crippen LogP contribution is -2.47. The highest BCUT2D eigenvalue weighted by Crippen LogP contribution is 2.12. The van der Waals surface area contributed by atoms with Gasteiger partial charge in [0.1, 0.15) is 0 Å². The lowest BCUT2D eigenvalue weighted by Gasteiger charge is -2.22. The van der Waals surface area contributed by atoms with E-state index in [0.717, 1.165) is 0 Å². The second kappa shape index (κ2) is 7.57. The van der Waals surface area contributed by atoms with Crippen LogP contribution in [0.25, 0.3) is 0 Å². The summed E-state index contributed by atoms with van der Waals surface area (Å²) in [4.78, 5) is 33.1. The van der Waals surface area contributed by atoms with Gasteiger partial charge in [0.25, 0.3) is 0 Å². The van der Waals surface area contributed by atoms with Gasteiger partial charge in [-0.1, -0.05) is 0 Å². The highest BCUT2D eigenvalue weighted by Gasteiger charge is 2.26. The predicted molar refractivity (Wildman–Crippen MR) is 67.5 cm³/mol. The Hall–Kier alpha value is -1.83. The quantitative estimate of drug-likeness (QED) is 0.402. The molecule has 0 aromatic heterocycles. The smallest absolute Gasteiger partial charge is 0.332 e. The molecule has 19 heavy (non-hydrogen) atoms. The minimum atomic E-state index is -1.50. The molecule has 5 N–H and O–H groups in total. The number of aliphatic hydroxyl groups is 1. The third-order valence-electron chi connectivity index (χ3n) is 2.52. The fraction of sp³-hybridized carbons (Fsp3) is 0.727. The maximum Gasteiger partial charge on any atom is 0.332 e. The van der Waals surface area contributed by atoms with Crippen LogP contribution in [0.2, 0.25) is 0 Å². The van der Waals surface area contributed by atoms with Crippen molar-refractivity contribution in [2.45, 2.75) is 26.4 Å². The fourth-order valence-corrected chi connectivity index (χ4v) is 1.23. The highest BCUT2D eigenvalue weighted by atomic mass is 16.4. The molecule has 0 aromatic carbocycles. The molecule has 0 aromatic rings. The van der Waals surface area contributed by atoms with Gasteiger partial charge in [0.15, 0.2) is 6.10 Å².